The van der Waals surface area contributed by atoms with Crippen LogP contribution in [0.15, 0.2) is 18.2 Å². The topological polar surface area (TPSA) is 75.4 Å². The van der Waals surface area contributed by atoms with Gasteiger partial charge in [-0.15, -0.1) is 0 Å². The first-order valence-electron chi connectivity index (χ1n) is 7.11. The molecule has 0 aliphatic heterocycles. The van der Waals surface area contributed by atoms with Gasteiger partial charge in [-0.1, -0.05) is 19.9 Å². The zero-order valence-corrected chi connectivity index (χ0v) is 13.4. The van der Waals surface area contributed by atoms with Crippen LogP contribution in [0.2, 0.25) is 0 Å². The van der Waals surface area contributed by atoms with Gasteiger partial charge in [0, 0.05) is 31.9 Å². The molecule has 5 nitrogen and oxygen atoms in total. The summed E-state index contributed by atoms with van der Waals surface area (Å²) < 4.78 is 0. The fourth-order valence-electron chi connectivity index (χ4n) is 2.06. The summed E-state index contributed by atoms with van der Waals surface area (Å²) in [6.07, 6.45) is 0. The van der Waals surface area contributed by atoms with Gasteiger partial charge in [-0.25, -0.2) is 0 Å². The van der Waals surface area contributed by atoms with Crippen molar-refractivity contribution in [3.8, 4) is 0 Å². The first-order chi connectivity index (χ1) is 9.77. The number of amides is 2. The number of carbonyl (C=O) groups is 2. The minimum absolute atomic E-state index is 0.0928. The smallest absolute Gasteiger partial charge is 0.253 e. The maximum absolute atomic E-state index is 12.3. The Balaban J connectivity index is 3.00. The monoisotopic (exact) mass is 291 g/mol. The number of rotatable bonds is 5. The van der Waals surface area contributed by atoms with Crippen LogP contribution in [0.3, 0.4) is 0 Å². The second kappa shape index (κ2) is 7.22. The molecule has 0 bridgehead atoms. The van der Waals surface area contributed by atoms with Gasteiger partial charge in [0.1, 0.15) is 0 Å². The van der Waals surface area contributed by atoms with Crippen molar-refractivity contribution in [3.05, 3.63) is 29.3 Å². The molecule has 21 heavy (non-hydrogen) atoms. The van der Waals surface area contributed by atoms with E-state index < -0.39 is 0 Å². The van der Waals surface area contributed by atoms with Crippen LogP contribution in [0.1, 0.15) is 29.8 Å². The minimum Gasteiger partial charge on any atom is -0.345 e. The Hall–Kier alpha value is -1.88. The fourth-order valence-corrected chi connectivity index (χ4v) is 2.06. The average molecular weight is 291 g/mol. The van der Waals surface area contributed by atoms with Gasteiger partial charge in [-0.05, 0) is 30.5 Å². The van der Waals surface area contributed by atoms with Gasteiger partial charge in [-0.2, -0.15) is 0 Å². The molecule has 0 aliphatic rings. The lowest BCUT2D eigenvalue weighted by Crippen LogP contribution is -2.33. The molecule has 1 unspecified atom stereocenters. The van der Waals surface area contributed by atoms with E-state index in [1.165, 1.54) is 4.90 Å². The number of anilines is 1. The molecule has 0 heterocycles. The number of benzene rings is 1. The average Bonchev–Trinajstić information content (AvgIpc) is 2.40. The maximum Gasteiger partial charge on any atom is 0.253 e. The Bertz CT molecular complexity index is 524. The highest BCUT2D eigenvalue weighted by Gasteiger charge is 2.21. The van der Waals surface area contributed by atoms with Crippen molar-refractivity contribution in [3.63, 3.8) is 0 Å². The fraction of sp³-hybridized carbons (Fsp3) is 0.500. The first-order valence-corrected chi connectivity index (χ1v) is 7.11. The molecule has 2 amide bonds. The lowest BCUT2D eigenvalue weighted by atomic mass is 9.95. The van der Waals surface area contributed by atoms with Gasteiger partial charge in [0.05, 0.1) is 5.92 Å². The van der Waals surface area contributed by atoms with E-state index in [1.54, 1.807) is 26.2 Å². The van der Waals surface area contributed by atoms with Gasteiger partial charge in [-0.3, -0.25) is 9.59 Å². The van der Waals surface area contributed by atoms with E-state index >= 15 is 0 Å². The quantitative estimate of drug-likeness (QED) is 0.869. The molecule has 0 aliphatic carbocycles. The normalized spacial score (nSPS) is 12.1. The standard InChI is InChI=1S/C16H25N3O2/c1-10(2)13(9-17)15(20)18-14-8-12(7-6-11(14)3)16(21)19(4)5/h6-8,10,13H,9,17H2,1-5H3,(H,18,20). The summed E-state index contributed by atoms with van der Waals surface area (Å²) in [6.45, 7) is 6.14. The lowest BCUT2D eigenvalue weighted by Gasteiger charge is -2.19. The third-order valence-corrected chi connectivity index (χ3v) is 3.54. The van der Waals surface area contributed by atoms with Crippen LogP contribution in [-0.4, -0.2) is 37.4 Å². The number of aryl methyl sites for hydroxylation is 1. The Kier molecular flexibility index (Phi) is 5.90. The molecule has 0 radical (unpaired) electrons. The van der Waals surface area contributed by atoms with E-state index in [0.717, 1.165) is 5.56 Å². The summed E-state index contributed by atoms with van der Waals surface area (Å²) in [5.41, 5.74) is 7.79. The summed E-state index contributed by atoms with van der Waals surface area (Å²) >= 11 is 0. The van der Waals surface area contributed by atoms with Crippen molar-refractivity contribution in [2.75, 3.05) is 26.0 Å². The van der Waals surface area contributed by atoms with E-state index in [4.69, 9.17) is 5.73 Å². The first kappa shape index (κ1) is 17.2. The molecule has 5 heteroatoms. The number of nitrogens with two attached hydrogens (primary N) is 1. The minimum atomic E-state index is -0.238. The molecule has 0 saturated heterocycles. The largest absolute Gasteiger partial charge is 0.345 e. The van der Waals surface area contributed by atoms with E-state index in [-0.39, 0.29) is 23.7 Å². The predicted octanol–water partition coefficient (Wildman–Crippen LogP) is 1.87. The Morgan fingerprint density at radius 3 is 2.38 bits per heavy atom. The Labute approximate surface area is 126 Å². The van der Waals surface area contributed by atoms with Crippen LogP contribution in [0.5, 0.6) is 0 Å². The van der Waals surface area contributed by atoms with Crippen molar-refractivity contribution in [1.82, 2.24) is 4.90 Å². The summed E-state index contributed by atoms with van der Waals surface area (Å²) in [5, 5.41) is 2.89. The van der Waals surface area contributed by atoms with E-state index in [0.29, 0.717) is 17.8 Å². The second-order valence-electron chi connectivity index (χ2n) is 5.80. The molecule has 1 aromatic carbocycles. The van der Waals surface area contributed by atoms with Crippen molar-refractivity contribution in [2.24, 2.45) is 17.6 Å². The maximum atomic E-state index is 12.3. The van der Waals surface area contributed by atoms with Crippen molar-refractivity contribution < 1.29 is 9.59 Å². The van der Waals surface area contributed by atoms with Crippen LogP contribution in [-0.2, 0) is 4.79 Å². The highest BCUT2D eigenvalue weighted by atomic mass is 16.2. The summed E-state index contributed by atoms with van der Waals surface area (Å²) in [6, 6.07) is 5.30. The SMILES string of the molecule is Cc1ccc(C(=O)N(C)C)cc1NC(=O)C(CN)C(C)C. The van der Waals surface area contributed by atoms with Crippen molar-refractivity contribution >= 4 is 17.5 Å². The molecule has 1 rings (SSSR count). The van der Waals surface area contributed by atoms with Crippen LogP contribution in [0, 0.1) is 18.8 Å². The third-order valence-electron chi connectivity index (χ3n) is 3.54. The number of hydrogen-bond donors (Lipinski definition) is 2. The Morgan fingerprint density at radius 2 is 1.90 bits per heavy atom. The third kappa shape index (κ3) is 4.29. The van der Waals surface area contributed by atoms with Crippen LogP contribution in [0.4, 0.5) is 5.69 Å². The number of nitrogens with zero attached hydrogens (tertiary/aromatic N) is 1. The summed E-state index contributed by atoms with van der Waals surface area (Å²) in [7, 11) is 3.40. The molecule has 0 saturated carbocycles. The molecule has 1 atom stereocenters. The number of carbonyl (C=O) groups excluding carboxylic acids is 2. The molecule has 1 aromatic rings. The van der Waals surface area contributed by atoms with Crippen LogP contribution in [0.25, 0.3) is 0 Å². The summed E-state index contributed by atoms with van der Waals surface area (Å²) in [4.78, 5) is 25.8. The molecular formula is C16H25N3O2. The van der Waals surface area contributed by atoms with E-state index in [9.17, 15) is 9.59 Å². The van der Waals surface area contributed by atoms with Gasteiger partial charge in [0.2, 0.25) is 5.91 Å². The highest BCUT2D eigenvalue weighted by Crippen LogP contribution is 2.20. The molecular weight excluding hydrogens is 266 g/mol. The van der Waals surface area contributed by atoms with E-state index in [1.807, 2.05) is 26.8 Å². The summed E-state index contributed by atoms with van der Waals surface area (Å²) in [5.74, 6) is -0.269. The van der Waals surface area contributed by atoms with Crippen LogP contribution < -0.4 is 11.1 Å². The number of nitrogens with one attached hydrogen (secondary N) is 1. The van der Waals surface area contributed by atoms with Crippen molar-refractivity contribution in [1.29, 1.82) is 0 Å². The molecule has 116 valence electrons. The zero-order chi connectivity index (χ0) is 16.2. The molecule has 0 aromatic heterocycles. The predicted molar refractivity (Wildman–Crippen MR) is 85.2 cm³/mol. The highest BCUT2D eigenvalue weighted by molar-refractivity contribution is 5.98. The lowest BCUT2D eigenvalue weighted by molar-refractivity contribution is -0.120. The van der Waals surface area contributed by atoms with Gasteiger partial charge in [0.25, 0.3) is 5.91 Å². The van der Waals surface area contributed by atoms with Gasteiger partial charge < -0.3 is 16.0 Å². The van der Waals surface area contributed by atoms with Gasteiger partial charge >= 0.3 is 0 Å². The second-order valence-corrected chi connectivity index (χ2v) is 5.80. The van der Waals surface area contributed by atoms with Gasteiger partial charge in [0.15, 0.2) is 0 Å². The Morgan fingerprint density at radius 1 is 1.29 bits per heavy atom. The van der Waals surface area contributed by atoms with Crippen molar-refractivity contribution in [2.45, 2.75) is 20.8 Å². The van der Waals surface area contributed by atoms with E-state index in [2.05, 4.69) is 5.32 Å². The molecule has 0 spiro atoms. The number of hydrogen-bond acceptors (Lipinski definition) is 3. The van der Waals surface area contributed by atoms with Crippen LogP contribution >= 0.6 is 0 Å². The molecule has 3 N–H and O–H groups in total. The molecule has 0 fully saturated rings. The zero-order valence-electron chi connectivity index (χ0n) is 13.4.